The summed E-state index contributed by atoms with van der Waals surface area (Å²) in [5, 5.41) is 8.55. The van der Waals surface area contributed by atoms with Crippen LogP contribution < -0.4 is 0 Å². The molecule has 2 heteroatoms. The van der Waals surface area contributed by atoms with Gasteiger partial charge in [-0.05, 0) is 33.3 Å². The van der Waals surface area contributed by atoms with Crippen molar-refractivity contribution in [1.29, 1.82) is 0 Å². The van der Waals surface area contributed by atoms with E-state index in [2.05, 4.69) is 36.2 Å². The molecule has 0 saturated heterocycles. The number of benzene rings is 1. The molecule has 0 spiro atoms. The lowest BCUT2D eigenvalue weighted by Gasteiger charge is -2.18. The molecule has 0 fully saturated rings. The van der Waals surface area contributed by atoms with Gasteiger partial charge < -0.3 is 0 Å². The van der Waals surface area contributed by atoms with Crippen molar-refractivity contribution in [3.05, 3.63) is 35.9 Å². The molecule has 14 heavy (non-hydrogen) atoms. The van der Waals surface area contributed by atoms with Crippen LogP contribution in [-0.2, 0) is 5.54 Å². The van der Waals surface area contributed by atoms with Gasteiger partial charge in [-0.25, -0.2) is 0 Å². The predicted octanol–water partition coefficient (Wildman–Crippen LogP) is 3.78. The summed E-state index contributed by atoms with van der Waals surface area (Å²) in [4.78, 5) is 0. The minimum Gasteiger partial charge on any atom is -0.191 e. The predicted molar refractivity (Wildman–Crippen MR) is 59.5 cm³/mol. The highest BCUT2D eigenvalue weighted by Gasteiger charge is 2.18. The number of nitrogens with zero attached hydrogens (tertiary/aromatic N) is 2. The number of azo groups is 1. The van der Waals surface area contributed by atoms with Crippen LogP contribution in [0, 0.1) is 0 Å². The van der Waals surface area contributed by atoms with Crippen molar-refractivity contribution in [2.24, 2.45) is 10.2 Å². The van der Waals surface area contributed by atoms with E-state index in [9.17, 15) is 0 Å². The molecular formula is C12H18N2. The van der Waals surface area contributed by atoms with Gasteiger partial charge in [0.15, 0.2) is 0 Å². The molecule has 76 valence electrons. The Bertz CT molecular complexity index is 299. The summed E-state index contributed by atoms with van der Waals surface area (Å²) < 4.78 is 0. The first-order valence-electron chi connectivity index (χ1n) is 5.00. The molecule has 0 aromatic heterocycles. The highest BCUT2D eigenvalue weighted by atomic mass is 15.2. The second kappa shape index (κ2) is 4.36. The lowest BCUT2D eigenvalue weighted by molar-refractivity contribution is 0.501. The average molecular weight is 190 g/mol. The van der Waals surface area contributed by atoms with E-state index in [-0.39, 0.29) is 11.6 Å². The molecule has 0 N–H and O–H groups in total. The fourth-order valence-electron chi connectivity index (χ4n) is 1.16. The maximum absolute atomic E-state index is 4.35. The molecule has 0 saturated carbocycles. The van der Waals surface area contributed by atoms with E-state index >= 15 is 0 Å². The summed E-state index contributed by atoms with van der Waals surface area (Å²) in [6, 6.07) is 10.5. The first kappa shape index (κ1) is 10.9. The fourth-order valence-corrected chi connectivity index (χ4v) is 1.16. The van der Waals surface area contributed by atoms with Crippen molar-refractivity contribution < 1.29 is 0 Å². The van der Waals surface area contributed by atoms with Crippen LogP contribution >= 0.6 is 0 Å². The van der Waals surface area contributed by atoms with Gasteiger partial charge in [0.1, 0.15) is 5.54 Å². The van der Waals surface area contributed by atoms with Crippen LogP contribution in [0.5, 0.6) is 0 Å². The van der Waals surface area contributed by atoms with Crippen molar-refractivity contribution in [3.8, 4) is 0 Å². The minimum atomic E-state index is -0.217. The third kappa shape index (κ3) is 2.95. The van der Waals surface area contributed by atoms with Crippen LogP contribution in [0.3, 0.4) is 0 Å². The molecule has 0 aliphatic carbocycles. The van der Waals surface area contributed by atoms with Crippen LogP contribution in [0.4, 0.5) is 0 Å². The van der Waals surface area contributed by atoms with Crippen LogP contribution in [0.2, 0.25) is 0 Å². The minimum absolute atomic E-state index is 0.217. The first-order valence-corrected chi connectivity index (χ1v) is 5.00. The Labute approximate surface area is 86.1 Å². The molecule has 1 rings (SSSR count). The molecular weight excluding hydrogens is 172 g/mol. The lowest BCUT2D eigenvalue weighted by atomic mass is 9.96. The summed E-state index contributed by atoms with van der Waals surface area (Å²) in [6.07, 6.45) is 0. The first-order chi connectivity index (χ1) is 6.52. The van der Waals surface area contributed by atoms with Crippen LogP contribution in [0.25, 0.3) is 0 Å². The number of hydrogen-bond acceptors (Lipinski definition) is 2. The maximum atomic E-state index is 4.35. The number of hydrogen-bond donors (Lipinski definition) is 0. The Morgan fingerprint density at radius 2 is 1.64 bits per heavy atom. The van der Waals surface area contributed by atoms with E-state index in [1.54, 1.807) is 0 Å². The molecule has 0 atom stereocenters. The maximum Gasteiger partial charge on any atom is 0.101 e. The van der Waals surface area contributed by atoms with Crippen LogP contribution in [0.15, 0.2) is 40.6 Å². The molecule has 0 unspecified atom stereocenters. The third-order valence-corrected chi connectivity index (χ3v) is 2.02. The van der Waals surface area contributed by atoms with Crippen LogP contribution in [-0.4, -0.2) is 6.04 Å². The van der Waals surface area contributed by atoms with Gasteiger partial charge in [0.25, 0.3) is 0 Å². The quantitative estimate of drug-likeness (QED) is 0.648. The zero-order valence-electron chi connectivity index (χ0n) is 9.36. The Morgan fingerprint density at radius 1 is 1.07 bits per heavy atom. The van der Waals surface area contributed by atoms with E-state index in [0.29, 0.717) is 0 Å². The molecule has 2 nitrogen and oxygen atoms in total. The summed E-state index contributed by atoms with van der Waals surface area (Å²) in [5.41, 5.74) is 0.982. The Kier molecular flexibility index (Phi) is 3.39. The monoisotopic (exact) mass is 190 g/mol. The van der Waals surface area contributed by atoms with Crippen LogP contribution in [0.1, 0.15) is 33.3 Å². The standard InChI is InChI=1S/C12H18N2/c1-10(2)13-14-12(3,4)11-8-6-5-7-9-11/h5-10H,1-4H3. The highest BCUT2D eigenvalue weighted by molar-refractivity contribution is 5.22. The molecule has 0 aliphatic rings. The SMILES string of the molecule is CC(C)N=NC(C)(C)c1ccccc1. The average Bonchev–Trinajstić information content (AvgIpc) is 2.16. The van der Waals surface area contributed by atoms with Gasteiger partial charge in [-0.3, -0.25) is 0 Å². The van der Waals surface area contributed by atoms with Gasteiger partial charge in [-0.2, -0.15) is 10.2 Å². The van der Waals surface area contributed by atoms with E-state index in [0.717, 1.165) is 0 Å². The second-order valence-corrected chi connectivity index (χ2v) is 4.23. The molecule has 0 heterocycles. The van der Waals surface area contributed by atoms with Crippen molar-refractivity contribution in [2.75, 3.05) is 0 Å². The van der Waals surface area contributed by atoms with Crippen molar-refractivity contribution in [1.82, 2.24) is 0 Å². The van der Waals surface area contributed by atoms with E-state index in [1.165, 1.54) is 5.56 Å². The van der Waals surface area contributed by atoms with E-state index in [4.69, 9.17) is 0 Å². The highest BCUT2D eigenvalue weighted by Crippen LogP contribution is 2.24. The smallest absolute Gasteiger partial charge is 0.101 e. The molecule has 0 bridgehead atoms. The molecule has 1 aromatic rings. The normalized spacial score (nSPS) is 12.6. The van der Waals surface area contributed by atoms with Gasteiger partial charge in [0, 0.05) is 0 Å². The summed E-state index contributed by atoms with van der Waals surface area (Å²) in [7, 11) is 0. The van der Waals surface area contributed by atoms with Crippen molar-refractivity contribution >= 4 is 0 Å². The summed E-state index contributed by atoms with van der Waals surface area (Å²) in [6.45, 7) is 8.22. The van der Waals surface area contributed by atoms with Gasteiger partial charge in [0.05, 0.1) is 6.04 Å². The summed E-state index contributed by atoms with van der Waals surface area (Å²) >= 11 is 0. The summed E-state index contributed by atoms with van der Waals surface area (Å²) in [5.74, 6) is 0. The Hall–Kier alpha value is -1.18. The fraction of sp³-hybridized carbons (Fsp3) is 0.500. The molecule has 0 radical (unpaired) electrons. The van der Waals surface area contributed by atoms with Gasteiger partial charge in [0.2, 0.25) is 0 Å². The van der Waals surface area contributed by atoms with Crippen molar-refractivity contribution in [2.45, 2.75) is 39.3 Å². The zero-order valence-corrected chi connectivity index (χ0v) is 9.36. The zero-order chi connectivity index (χ0) is 10.6. The number of rotatable bonds is 3. The Balaban J connectivity index is 2.86. The topological polar surface area (TPSA) is 24.7 Å². The van der Waals surface area contributed by atoms with Gasteiger partial charge >= 0.3 is 0 Å². The molecule has 0 aliphatic heterocycles. The van der Waals surface area contributed by atoms with Gasteiger partial charge in [-0.1, -0.05) is 30.3 Å². The molecule has 0 amide bonds. The Morgan fingerprint density at radius 3 is 2.14 bits per heavy atom. The van der Waals surface area contributed by atoms with E-state index in [1.807, 2.05) is 32.0 Å². The van der Waals surface area contributed by atoms with Crippen molar-refractivity contribution in [3.63, 3.8) is 0 Å². The lowest BCUT2D eigenvalue weighted by Crippen LogP contribution is -2.13. The second-order valence-electron chi connectivity index (χ2n) is 4.23. The largest absolute Gasteiger partial charge is 0.191 e. The van der Waals surface area contributed by atoms with E-state index < -0.39 is 0 Å². The molecule has 1 aromatic carbocycles. The third-order valence-electron chi connectivity index (χ3n) is 2.02. The van der Waals surface area contributed by atoms with Gasteiger partial charge in [-0.15, -0.1) is 0 Å².